The molecular formula is C12H16N2O. The van der Waals surface area contributed by atoms with Gasteiger partial charge in [0.1, 0.15) is 5.75 Å². The fourth-order valence-corrected chi connectivity index (χ4v) is 1.76. The number of nitrogens with one attached hydrogen (secondary N) is 1. The number of fused-ring (bicyclic) bond motifs is 1. The van der Waals surface area contributed by atoms with Crippen LogP contribution in [0.1, 0.15) is 19.4 Å². The molecule has 0 atom stereocenters. The number of aromatic nitrogens is 1. The fourth-order valence-electron chi connectivity index (χ4n) is 1.76. The third kappa shape index (κ3) is 1.70. The highest BCUT2D eigenvalue weighted by Gasteiger charge is 2.18. The number of nitrogens with two attached hydrogens (primary N) is 1. The van der Waals surface area contributed by atoms with Crippen LogP contribution in [-0.4, -0.2) is 12.1 Å². The zero-order chi connectivity index (χ0) is 11.1. The van der Waals surface area contributed by atoms with Crippen LogP contribution in [0.15, 0.2) is 24.4 Å². The lowest BCUT2D eigenvalue weighted by atomic mass is 9.95. The molecule has 0 radical (unpaired) electrons. The monoisotopic (exact) mass is 204 g/mol. The molecule has 1 aromatic heterocycles. The molecule has 3 heteroatoms. The lowest BCUT2D eigenvalue weighted by Crippen LogP contribution is -2.28. The molecule has 2 rings (SSSR count). The van der Waals surface area contributed by atoms with Crippen LogP contribution in [-0.2, 0) is 5.54 Å². The molecule has 1 heterocycles. The highest BCUT2D eigenvalue weighted by Crippen LogP contribution is 2.29. The molecule has 0 amide bonds. The molecule has 0 saturated carbocycles. The first kappa shape index (κ1) is 10.1. The number of hydrogen-bond donors (Lipinski definition) is 2. The van der Waals surface area contributed by atoms with Gasteiger partial charge in [0.15, 0.2) is 0 Å². The summed E-state index contributed by atoms with van der Waals surface area (Å²) in [5.41, 5.74) is 7.95. The van der Waals surface area contributed by atoms with Crippen LogP contribution in [0.3, 0.4) is 0 Å². The zero-order valence-electron chi connectivity index (χ0n) is 9.29. The topological polar surface area (TPSA) is 51.0 Å². The molecule has 15 heavy (non-hydrogen) atoms. The van der Waals surface area contributed by atoms with Crippen LogP contribution < -0.4 is 10.5 Å². The smallest absolute Gasteiger partial charge is 0.119 e. The van der Waals surface area contributed by atoms with Crippen LogP contribution in [0.5, 0.6) is 5.75 Å². The summed E-state index contributed by atoms with van der Waals surface area (Å²) in [4.78, 5) is 3.21. The first-order valence-corrected chi connectivity index (χ1v) is 4.97. The second-order valence-corrected chi connectivity index (χ2v) is 4.34. The van der Waals surface area contributed by atoms with Crippen molar-refractivity contribution in [1.29, 1.82) is 0 Å². The molecule has 0 fully saturated rings. The Morgan fingerprint density at radius 1 is 1.33 bits per heavy atom. The van der Waals surface area contributed by atoms with E-state index in [1.54, 1.807) is 7.11 Å². The quantitative estimate of drug-likeness (QED) is 0.789. The van der Waals surface area contributed by atoms with Gasteiger partial charge in [-0.3, -0.25) is 0 Å². The Morgan fingerprint density at radius 2 is 2.07 bits per heavy atom. The van der Waals surface area contributed by atoms with Crippen molar-refractivity contribution in [1.82, 2.24) is 4.98 Å². The molecule has 1 aromatic carbocycles. The highest BCUT2D eigenvalue weighted by molar-refractivity contribution is 5.85. The average Bonchev–Trinajstić information content (AvgIpc) is 2.59. The Bertz CT molecular complexity index is 480. The number of ether oxygens (including phenoxy) is 1. The lowest BCUT2D eigenvalue weighted by Gasteiger charge is -2.17. The van der Waals surface area contributed by atoms with Crippen molar-refractivity contribution in [3.63, 3.8) is 0 Å². The van der Waals surface area contributed by atoms with Gasteiger partial charge in [-0.1, -0.05) is 0 Å². The predicted octanol–water partition coefficient (Wildman–Crippen LogP) is 2.37. The molecule has 0 spiro atoms. The maximum atomic E-state index is 6.10. The van der Waals surface area contributed by atoms with Crippen molar-refractivity contribution in [2.75, 3.05) is 7.11 Å². The van der Waals surface area contributed by atoms with E-state index in [0.29, 0.717) is 0 Å². The average molecular weight is 204 g/mol. The maximum Gasteiger partial charge on any atom is 0.119 e. The standard InChI is InChI=1S/C12H16N2O/c1-12(2,13)10-7-14-11-5-4-8(15-3)6-9(10)11/h4-7,14H,13H2,1-3H3. The molecule has 0 aliphatic rings. The third-order valence-corrected chi connectivity index (χ3v) is 2.58. The molecule has 0 bridgehead atoms. The van der Waals surface area contributed by atoms with Crippen LogP contribution in [0.2, 0.25) is 0 Å². The molecule has 0 saturated heterocycles. The Morgan fingerprint density at radius 3 is 2.67 bits per heavy atom. The van der Waals surface area contributed by atoms with Crippen molar-refractivity contribution in [3.05, 3.63) is 30.0 Å². The molecular weight excluding hydrogens is 188 g/mol. The Kier molecular flexibility index (Phi) is 2.20. The van der Waals surface area contributed by atoms with Gasteiger partial charge in [0.2, 0.25) is 0 Å². The molecule has 80 valence electrons. The number of rotatable bonds is 2. The van der Waals surface area contributed by atoms with Crippen molar-refractivity contribution in [3.8, 4) is 5.75 Å². The van der Waals surface area contributed by atoms with E-state index in [2.05, 4.69) is 4.98 Å². The molecule has 2 aromatic rings. The highest BCUT2D eigenvalue weighted by atomic mass is 16.5. The summed E-state index contributed by atoms with van der Waals surface area (Å²) in [6.45, 7) is 3.99. The van der Waals surface area contributed by atoms with Crippen molar-refractivity contribution >= 4 is 10.9 Å². The van der Waals surface area contributed by atoms with Crippen LogP contribution in [0.4, 0.5) is 0 Å². The number of benzene rings is 1. The molecule has 0 unspecified atom stereocenters. The van der Waals surface area contributed by atoms with Crippen LogP contribution in [0, 0.1) is 0 Å². The molecule has 0 aliphatic heterocycles. The first-order valence-electron chi connectivity index (χ1n) is 4.97. The number of H-pyrrole nitrogens is 1. The summed E-state index contributed by atoms with van der Waals surface area (Å²) < 4.78 is 5.20. The molecule has 0 aliphatic carbocycles. The molecule has 3 N–H and O–H groups in total. The van der Waals surface area contributed by atoms with E-state index in [0.717, 1.165) is 22.2 Å². The van der Waals surface area contributed by atoms with E-state index >= 15 is 0 Å². The van der Waals surface area contributed by atoms with E-state index in [4.69, 9.17) is 10.5 Å². The SMILES string of the molecule is COc1ccc2[nH]cc(C(C)(C)N)c2c1. The maximum absolute atomic E-state index is 6.10. The van der Waals surface area contributed by atoms with Crippen molar-refractivity contribution < 1.29 is 4.74 Å². The summed E-state index contributed by atoms with van der Waals surface area (Å²) in [7, 11) is 1.67. The van der Waals surface area contributed by atoms with Crippen molar-refractivity contribution in [2.45, 2.75) is 19.4 Å². The van der Waals surface area contributed by atoms with Gasteiger partial charge in [-0.2, -0.15) is 0 Å². The second-order valence-electron chi connectivity index (χ2n) is 4.34. The third-order valence-electron chi connectivity index (χ3n) is 2.58. The van der Waals surface area contributed by atoms with Gasteiger partial charge in [0.05, 0.1) is 7.11 Å². The fraction of sp³-hybridized carbons (Fsp3) is 0.333. The Labute approximate surface area is 89.2 Å². The summed E-state index contributed by atoms with van der Waals surface area (Å²) in [6, 6.07) is 5.95. The Hall–Kier alpha value is -1.48. The number of aromatic amines is 1. The normalized spacial score (nSPS) is 12.0. The number of methoxy groups -OCH3 is 1. The minimum absolute atomic E-state index is 0.343. The van der Waals surface area contributed by atoms with E-state index in [1.165, 1.54) is 0 Å². The second kappa shape index (κ2) is 3.28. The van der Waals surface area contributed by atoms with Gasteiger partial charge in [-0.15, -0.1) is 0 Å². The van der Waals surface area contributed by atoms with E-state index in [1.807, 2.05) is 38.2 Å². The summed E-state index contributed by atoms with van der Waals surface area (Å²) in [6.07, 6.45) is 1.96. The molecule has 3 nitrogen and oxygen atoms in total. The Balaban J connectivity index is 2.67. The van der Waals surface area contributed by atoms with Gasteiger partial charge in [0, 0.05) is 22.6 Å². The lowest BCUT2D eigenvalue weighted by molar-refractivity contribution is 0.415. The van der Waals surface area contributed by atoms with Gasteiger partial charge in [-0.05, 0) is 37.6 Å². The van der Waals surface area contributed by atoms with Crippen molar-refractivity contribution in [2.24, 2.45) is 5.73 Å². The van der Waals surface area contributed by atoms with E-state index < -0.39 is 0 Å². The summed E-state index contributed by atoms with van der Waals surface area (Å²) in [5.74, 6) is 0.854. The van der Waals surface area contributed by atoms with Gasteiger partial charge < -0.3 is 15.5 Å². The van der Waals surface area contributed by atoms with E-state index in [-0.39, 0.29) is 5.54 Å². The van der Waals surface area contributed by atoms with Crippen LogP contribution in [0.25, 0.3) is 10.9 Å². The zero-order valence-corrected chi connectivity index (χ0v) is 9.29. The minimum Gasteiger partial charge on any atom is -0.497 e. The van der Waals surface area contributed by atoms with Gasteiger partial charge in [0.25, 0.3) is 0 Å². The van der Waals surface area contributed by atoms with Gasteiger partial charge in [-0.25, -0.2) is 0 Å². The largest absolute Gasteiger partial charge is 0.497 e. The minimum atomic E-state index is -0.343. The first-order chi connectivity index (χ1) is 7.02. The summed E-state index contributed by atoms with van der Waals surface area (Å²) in [5, 5.41) is 1.13. The number of hydrogen-bond acceptors (Lipinski definition) is 2. The predicted molar refractivity (Wildman–Crippen MR) is 62.1 cm³/mol. The van der Waals surface area contributed by atoms with Crippen LogP contribution >= 0.6 is 0 Å². The van der Waals surface area contributed by atoms with E-state index in [9.17, 15) is 0 Å². The summed E-state index contributed by atoms with van der Waals surface area (Å²) >= 11 is 0. The van der Waals surface area contributed by atoms with Gasteiger partial charge >= 0.3 is 0 Å².